The van der Waals surface area contributed by atoms with Crippen LogP contribution in [0.4, 0.5) is 4.39 Å². The molecule has 0 unspecified atom stereocenters. The SMILES string of the molecule is O=S(=O)(Cc1cccc(F)c1)N1CCC(N2CCC(Oc3nccs3)CC2)CC1. The van der Waals surface area contributed by atoms with Gasteiger partial charge in [0.1, 0.15) is 11.9 Å². The third-order valence-corrected chi connectivity index (χ3v) is 8.24. The molecule has 2 aliphatic rings. The zero-order chi connectivity index (χ0) is 20.3. The molecule has 0 atom stereocenters. The molecule has 0 N–H and O–H groups in total. The minimum absolute atomic E-state index is 0.144. The summed E-state index contributed by atoms with van der Waals surface area (Å²) in [6.45, 7) is 2.99. The molecule has 4 rings (SSSR count). The monoisotopic (exact) mass is 439 g/mol. The molecule has 29 heavy (non-hydrogen) atoms. The van der Waals surface area contributed by atoms with Gasteiger partial charge in [0.05, 0.1) is 5.75 Å². The maximum atomic E-state index is 13.3. The molecule has 0 radical (unpaired) electrons. The van der Waals surface area contributed by atoms with E-state index in [0.717, 1.165) is 44.0 Å². The highest BCUT2D eigenvalue weighted by atomic mass is 32.2. The number of aromatic nitrogens is 1. The Hall–Kier alpha value is -1.55. The maximum absolute atomic E-state index is 13.3. The largest absolute Gasteiger partial charge is 0.467 e. The predicted octanol–water partition coefficient (Wildman–Crippen LogP) is 3.12. The Kier molecular flexibility index (Phi) is 6.48. The van der Waals surface area contributed by atoms with Gasteiger partial charge >= 0.3 is 0 Å². The summed E-state index contributed by atoms with van der Waals surface area (Å²) < 4.78 is 46.3. The van der Waals surface area contributed by atoms with Gasteiger partial charge in [-0.2, -0.15) is 0 Å². The number of benzene rings is 1. The summed E-state index contributed by atoms with van der Waals surface area (Å²) in [5, 5.41) is 2.65. The van der Waals surface area contributed by atoms with E-state index in [4.69, 9.17) is 4.74 Å². The molecule has 1 aromatic carbocycles. The van der Waals surface area contributed by atoms with Gasteiger partial charge in [-0.25, -0.2) is 22.1 Å². The van der Waals surface area contributed by atoms with Gasteiger partial charge in [-0.3, -0.25) is 0 Å². The van der Waals surface area contributed by atoms with Crippen LogP contribution in [0.1, 0.15) is 31.2 Å². The Morgan fingerprint density at radius 1 is 1.14 bits per heavy atom. The first-order valence-corrected chi connectivity index (χ1v) is 12.5. The zero-order valence-electron chi connectivity index (χ0n) is 16.2. The Bertz CT molecular complexity index is 891. The number of piperidine rings is 2. The number of sulfonamides is 1. The number of hydrogen-bond donors (Lipinski definition) is 0. The van der Waals surface area contributed by atoms with E-state index in [9.17, 15) is 12.8 Å². The number of ether oxygens (including phenoxy) is 1. The number of hydrogen-bond acceptors (Lipinski definition) is 6. The second kappa shape index (κ2) is 9.07. The van der Waals surface area contributed by atoms with Crippen LogP contribution in [0.3, 0.4) is 0 Å². The van der Waals surface area contributed by atoms with Gasteiger partial charge in [0.15, 0.2) is 0 Å². The summed E-state index contributed by atoms with van der Waals surface area (Å²) in [6, 6.07) is 6.24. The lowest BCUT2D eigenvalue weighted by atomic mass is 10.00. The molecule has 0 saturated carbocycles. The second-order valence-electron chi connectivity index (χ2n) is 7.67. The van der Waals surface area contributed by atoms with Crippen LogP contribution in [0.15, 0.2) is 35.8 Å². The maximum Gasteiger partial charge on any atom is 0.273 e. The molecule has 6 nitrogen and oxygen atoms in total. The summed E-state index contributed by atoms with van der Waals surface area (Å²) in [7, 11) is -3.42. The fourth-order valence-corrected chi connectivity index (χ4v) is 6.29. The third kappa shape index (κ3) is 5.33. The summed E-state index contributed by atoms with van der Waals surface area (Å²) in [6.07, 6.45) is 5.57. The first kappa shape index (κ1) is 20.7. The van der Waals surface area contributed by atoms with E-state index in [0.29, 0.717) is 24.7 Å². The van der Waals surface area contributed by atoms with Crippen molar-refractivity contribution >= 4 is 21.4 Å². The van der Waals surface area contributed by atoms with E-state index >= 15 is 0 Å². The van der Waals surface area contributed by atoms with Gasteiger partial charge in [-0.1, -0.05) is 23.5 Å². The first-order chi connectivity index (χ1) is 14.0. The Morgan fingerprint density at radius 2 is 1.90 bits per heavy atom. The summed E-state index contributed by atoms with van der Waals surface area (Å²) in [5.41, 5.74) is 0.495. The number of nitrogens with zero attached hydrogens (tertiary/aromatic N) is 3. The average Bonchev–Trinajstić information content (AvgIpc) is 3.21. The second-order valence-corrected chi connectivity index (χ2v) is 10.5. The summed E-state index contributed by atoms with van der Waals surface area (Å²) in [4.78, 5) is 6.66. The standard InChI is InChI=1S/C20H26FN3O3S2/c21-17-3-1-2-16(14-17)15-29(25,26)24-11-4-18(5-12-24)23-9-6-19(7-10-23)27-20-22-8-13-28-20/h1-3,8,13-14,18-19H,4-7,9-12,15H2. The van der Waals surface area contributed by atoms with Crippen molar-refractivity contribution in [3.63, 3.8) is 0 Å². The van der Waals surface area contributed by atoms with E-state index in [1.54, 1.807) is 22.6 Å². The zero-order valence-corrected chi connectivity index (χ0v) is 17.9. The lowest BCUT2D eigenvalue weighted by Gasteiger charge is -2.41. The van der Waals surface area contributed by atoms with E-state index in [2.05, 4.69) is 9.88 Å². The van der Waals surface area contributed by atoms with Crippen molar-refractivity contribution in [3.8, 4) is 5.19 Å². The van der Waals surface area contributed by atoms with Crippen LogP contribution in [0, 0.1) is 5.82 Å². The van der Waals surface area contributed by atoms with Crippen molar-refractivity contribution in [3.05, 3.63) is 47.2 Å². The minimum Gasteiger partial charge on any atom is -0.467 e. The fourth-order valence-electron chi connectivity index (χ4n) is 4.18. The molecule has 2 aliphatic heterocycles. The van der Waals surface area contributed by atoms with Crippen molar-refractivity contribution in [2.45, 2.75) is 43.6 Å². The third-order valence-electron chi connectivity index (χ3n) is 5.73. The molecule has 158 valence electrons. The van der Waals surface area contributed by atoms with Gasteiger partial charge in [-0.15, -0.1) is 0 Å². The Labute approximate surface area is 175 Å². The van der Waals surface area contributed by atoms with Gasteiger partial charge < -0.3 is 9.64 Å². The van der Waals surface area contributed by atoms with Crippen LogP contribution in [0.25, 0.3) is 0 Å². The lowest BCUT2D eigenvalue weighted by Crippen LogP contribution is -2.50. The van der Waals surface area contributed by atoms with Crippen molar-refractivity contribution in [1.29, 1.82) is 0 Å². The minimum atomic E-state index is -3.42. The fraction of sp³-hybridized carbons (Fsp3) is 0.550. The predicted molar refractivity (Wildman–Crippen MR) is 111 cm³/mol. The molecular weight excluding hydrogens is 413 g/mol. The van der Waals surface area contributed by atoms with Gasteiger partial charge in [0.2, 0.25) is 10.0 Å². The van der Waals surface area contributed by atoms with Crippen molar-refractivity contribution < 1.29 is 17.5 Å². The van der Waals surface area contributed by atoms with Crippen LogP contribution in [-0.4, -0.2) is 60.9 Å². The van der Waals surface area contributed by atoms with Crippen molar-refractivity contribution in [2.75, 3.05) is 26.2 Å². The van der Waals surface area contributed by atoms with Crippen LogP contribution >= 0.6 is 11.3 Å². The van der Waals surface area contributed by atoms with E-state index < -0.39 is 15.8 Å². The molecular formula is C20H26FN3O3S2. The first-order valence-electron chi connectivity index (χ1n) is 10.0. The summed E-state index contributed by atoms with van der Waals surface area (Å²) in [5.74, 6) is -0.548. The highest BCUT2D eigenvalue weighted by Gasteiger charge is 2.32. The molecule has 0 amide bonds. The number of halogens is 1. The quantitative estimate of drug-likeness (QED) is 0.692. The average molecular weight is 440 g/mol. The van der Waals surface area contributed by atoms with E-state index in [1.165, 1.54) is 23.5 Å². The molecule has 0 spiro atoms. The number of likely N-dealkylation sites (tertiary alicyclic amines) is 1. The van der Waals surface area contributed by atoms with Gasteiger partial charge in [0, 0.05) is 43.8 Å². The van der Waals surface area contributed by atoms with Crippen LogP contribution < -0.4 is 4.74 Å². The van der Waals surface area contributed by atoms with Gasteiger partial charge in [-0.05, 0) is 43.4 Å². The molecule has 2 fully saturated rings. The topological polar surface area (TPSA) is 62.7 Å². The Balaban J connectivity index is 1.25. The highest BCUT2D eigenvalue weighted by Crippen LogP contribution is 2.26. The number of rotatable bonds is 6. The molecule has 2 saturated heterocycles. The summed E-state index contributed by atoms with van der Waals surface area (Å²) >= 11 is 1.52. The van der Waals surface area contributed by atoms with Gasteiger partial charge in [0.25, 0.3) is 5.19 Å². The molecule has 9 heteroatoms. The normalized spacial score (nSPS) is 20.7. The molecule has 2 aromatic rings. The molecule has 0 bridgehead atoms. The van der Waals surface area contributed by atoms with Crippen molar-refractivity contribution in [2.24, 2.45) is 0 Å². The van der Waals surface area contributed by atoms with E-state index in [1.807, 2.05) is 5.38 Å². The number of thiazole rings is 1. The molecule has 3 heterocycles. The Morgan fingerprint density at radius 3 is 2.55 bits per heavy atom. The van der Waals surface area contributed by atoms with Crippen LogP contribution in [0.5, 0.6) is 5.19 Å². The molecule has 1 aromatic heterocycles. The van der Waals surface area contributed by atoms with Crippen LogP contribution in [0.2, 0.25) is 0 Å². The van der Waals surface area contributed by atoms with E-state index in [-0.39, 0.29) is 11.9 Å². The van der Waals surface area contributed by atoms with Crippen molar-refractivity contribution in [1.82, 2.24) is 14.2 Å². The lowest BCUT2D eigenvalue weighted by molar-refractivity contribution is 0.0584. The highest BCUT2D eigenvalue weighted by molar-refractivity contribution is 7.88. The van der Waals surface area contributed by atoms with Crippen LogP contribution in [-0.2, 0) is 15.8 Å². The smallest absolute Gasteiger partial charge is 0.273 e. The molecule has 0 aliphatic carbocycles.